The number of aromatic nitrogens is 2. The molecule has 0 aliphatic heterocycles. The van der Waals surface area contributed by atoms with Gasteiger partial charge in [-0.1, -0.05) is 35.9 Å². The van der Waals surface area contributed by atoms with E-state index in [4.69, 9.17) is 21.6 Å². The molecule has 0 atom stereocenters. The molecule has 2 fully saturated rings. The largest absolute Gasteiger partial charge is 0.362 e. The van der Waals surface area contributed by atoms with E-state index in [1.165, 1.54) is 31.2 Å². The molecular formula is C26H32ClN5. The molecule has 0 spiro atoms. The van der Waals surface area contributed by atoms with Crippen molar-refractivity contribution in [2.45, 2.75) is 56.0 Å². The minimum Gasteiger partial charge on any atom is -0.362 e. The van der Waals surface area contributed by atoms with Crippen LogP contribution in [-0.4, -0.2) is 42.7 Å². The van der Waals surface area contributed by atoms with Gasteiger partial charge in [-0.05, 0) is 68.4 Å². The normalized spacial score (nSPS) is 22.0. The second-order valence-corrected chi connectivity index (χ2v) is 10.1. The predicted octanol–water partition coefficient (Wildman–Crippen LogP) is 5.39. The highest BCUT2D eigenvalue weighted by Gasteiger charge is 2.44. The minimum atomic E-state index is 0.321. The van der Waals surface area contributed by atoms with Crippen LogP contribution in [0, 0.1) is 0 Å². The highest BCUT2D eigenvalue weighted by atomic mass is 35.5. The van der Waals surface area contributed by atoms with Gasteiger partial charge in [0.2, 0.25) is 5.95 Å². The first kappa shape index (κ1) is 21.5. The van der Waals surface area contributed by atoms with E-state index in [9.17, 15) is 0 Å². The number of hydrogen-bond acceptors (Lipinski definition) is 5. The quantitative estimate of drug-likeness (QED) is 0.506. The Morgan fingerprint density at radius 1 is 0.938 bits per heavy atom. The number of anilines is 2. The lowest BCUT2D eigenvalue weighted by atomic mass is 9.90. The number of nitrogens with zero attached hydrogens (tertiary/aromatic N) is 3. The summed E-state index contributed by atoms with van der Waals surface area (Å²) in [6.45, 7) is 1.07. The lowest BCUT2D eigenvalue weighted by Crippen LogP contribution is -2.40. The van der Waals surface area contributed by atoms with Crippen LogP contribution >= 0.6 is 11.6 Å². The zero-order chi connectivity index (χ0) is 22.1. The van der Waals surface area contributed by atoms with Crippen LogP contribution in [0.2, 0.25) is 5.02 Å². The summed E-state index contributed by atoms with van der Waals surface area (Å²) in [7, 11) is 4.07. The van der Waals surface area contributed by atoms with Crippen molar-refractivity contribution in [3.8, 4) is 0 Å². The van der Waals surface area contributed by atoms with E-state index >= 15 is 0 Å². The fourth-order valence-electron chi connectivity index (χ4n) is 4.95. The topological polar surface area (TPSA) is 53.1 Å². The van der Waals surface area contributed by atoms with Gasteiger partial charge in [0.15, 0.2) is 0 Å². The monoisotopic (exact) mass is 449 g/mol. The Balaban J connectivity index is 1.17. The molecule has 0 bridgehead atoms. The summed E-state index contributed by atoms with van der Waals surface area (Å²) >= 11 is 6.07. The van der Waals surface area contributed by atoms with Crippen LogP contribution in [0.15, 0.2) is 48.5 Å². The first-order valence-corrected chi connectivity index (χ1v) is 12.1. The van der Waals surface area contributed by atoms with Crippen molar-refractivity contribution in [2.24, 2.45) is 0 Å². The predicted molar refractivity (Wildman–Crippen MR) is 134 cm³/mol. The summed E-state index contributed by atoms with van der Waals surface area (Å²) < 4.78 is 0. The van der Waals surface area contributed by atoms with Crippen LogP contribution in [0.1, 0.15) is 44.1 Å². The van der Waals surface area contributed by atoms with E-state index in [0.717, 1.165) is 47.1 Å². The molecule has 3 aromatic rings. The smallest absolute Gasteiger partial charge is 0.225 e. The summed E-state index contributed by atoms with van der Waals surface area (Å²) in [5.74, 6) is 1.70. The van der Waals surface area contributed by atoms with Crippen molar-refractivity contribution in [3.63, 3.8) is 0 Å². The molecule has 2 aliphatic rings. The molecule has 2 aliphatic carbocycles. The highest BCUT2D eigenvalue weighted by molar-refractivity contribution is 6.30. The molecule has 0 saturated heterocycles. The van der Waals surface area contributed by atoms with Gasteiger partial charge in [0.25, 0.3) is 0 Å². The van der Waals surface area contributed by atoms with Gasteiger partial charge in [0.05, 0.1) is 5.52 Å². The van der Waals surface area contributed by atoms with E-state index in [2.05, 4.69) is 39.8 Å². The molecular weight excluding hydrogens is 418 g/mol. The maximum atomic E-state index is 6.07. The Hall–Kier alpha value is -2.37. The summed E-state index contributed by atoms with van der Waals surface area (Å²) in [5.41, 5.74) is 2.73. The number of nitrogens with one attached hydrogen (secondary N) is 2. The summed E-state index contributed by atoms with van der Waals surface area (Å²) in [6, 6.07) is 17.7. The Kier molecular flexibility index (Phi) is 5.95. The molecule has 5 rings (SSSR count). The molecule has 2 aromatic carbocycles. The molecule has 0 unspecified atom stereocenters. The molecule has 1 aromatic heterocycles. The van der Waals surface area contributed by atoms with Crippen molar-refractivity contribution in [3.05, 3.63) is 59.1 Å². The molecule has 168 valence electrons. The number of para-hydroxylation sites is 1. The number of benzene rings is 2. The van der Waals surface area contributed by atoms with Gasteiger partial charge in [0, 0.05) is 48.5 Å². The van der Waals surface area contributed by atoms with Crippen LogP contribution in [0.25, 0.3) is 10.9 Å². The number of rotatable bonds is 7. The van der Waals surface area contributed by atoms with Crippen molar-refractivity contribution in [1.82, 2.24) is 15.3 Å². The van der Waals surface area contributed by atoms with Gasteiger partial charge < -0.3 is 15.5 Å². The summed E-state index contributed by atoms with van der Waals surface area (Å²) in [5, 5.41) is 9.39. The van der Waals surface area contributed by atoms with Gasteiger partial charge in [-0.2, -0.15) is 4.98 Å². The third kappa shape index (κ3) is 4.55. The van der Waals surface area contributed by atoms with E-state index < -0.39 is 0 Å². The summed E-state index contributed by atoms with van der Waals surface area (Å²) in [6.07, 6.45) is 7.18. The van der Waals surface area contributed by atoms with Crippen LogP contribution in [0.5, 0.6) is 0 Å². The zero-order valence-corrected chi connectivity index (χ0v) is 19.7. The third-order valence-electron chi connectivity index (χ3n) is 7.11. The van der Waals surface area contributed by atoms with Crippen molar-refractivity contribution < 1.29 is 0 Å². The average Bonchev–Trinajstić information content (AvgIpc) is 3.59. The minimum absolute atomic E-state index is 0.321. The van der Waals surface area contributed by atoms with Crippen molar-refractivity contribution >= 4 is 34.3 Å². The first-order valence-electron chi connectivity index (χ1n) is 11.7. The van der Waals surface area contributed by atoms with E-state index in [-0.39, 0.29) is 0 Å². The van der Waals surface area contributed by atoms with E-state index in [0.29, 0.717) is 17.5 Å². The first-order chi connectivity index (χ1) is 15.5. The van der Waals surface area contributed by atoms with Gasteiger partial charge in [-0.25, -0.2) is 4.98 Å². The highest BCUT2D eigenvalue weighted by Crippen LogP contribution is 2.48. The molecule has 5 nitrogen and oxygen atoms in total. The van der Waals surface area contributed by atoms with Crippen molar-refractivity contribution in [1.29, 1.82) is 0 Å². The van der Waals surface area contributed by atoms with Gasteiger partial charge in [0.1, 0.15) is 5.82 Å². The average molecular weight is 450 g/mol. The second kappa shape index (κ2) is 8.87. The zero-order valence-electron chi connectivity index (χ0n) is 18.9. The van der Waals surface area contributed by atoms with Crippen LogP contribution < -0.4 is 15.5 Å². The standard InChI is InChI=1S/C26H32ClN5/c1-32(2)24-22-5-3-4-6-23(22)30-25(31-24)29-21-13-11-20(12-14-21)28-17-26(15-16-26)18-7-9-19(27)10-8-18/h3-10,20-21,28H,11-17H2,1-2H3,(H,29,30,31)/t20-,21+. The summed E-state index contributed by atoms with van der Waals surface area (Å²) in [4.78, 5) is 11.6. The number of fused-ring (bicyclic) bond motifs is 1. The third-order valence-corrected chi connectivity index (χ3v) is 7.36. The molecule has 2 saturated carbocycles. The van der Waals surface area contributed by atoms with E-state index in [1.807, 2.05) is 38.4 Å². The Morgan fingerprint density at radius 3 is 2.31 bits per heavy atom. The maximum absolute atomic E-state index is 6.07. The fourth-order valence-corrected chi connectivity index (χ4v) is 5.08. The Labute approximate surface area is 195 Å². The fraction of sp³-hybridized carbons (Fsp3) is 0.462. The number of halogens is 1. The van der Waals surface area contributed by atoms with Crippen molar-refractivity contribution in [2.75, 3.05) is 30.9 Å². The molecule has 2 N–H and O–H groups in total. The van der Waals surface area contributed by atoms with Gasteiger partial charge >= 0.3 is 0 Å². The molecule has 6 heteroatoms. The van der Waals surface area contributed by atoms with Gasteiger partial charge in [-0.15, -0.1) is 0 Å². The SMILES string of the molecule is CN(C)c1nc(N[C@H]2CC[C@@H](NCC3(c4ccc(Cl)cc4)CC3)CC2)nc2ccccc12. The Bertz CT molecular complexity index is 1070. The van der Waals surface area contributed by atoms with Crippen LogP contribution in [0.3, 0.4) is 0 Å². The van der Waals surface area contributed by atoms with Crippen LogP contribution in [0.4, 0.5) is 11.8 Å². The molecule has 0 radical (unpaired) electrons. The van der Waals surface area contributed by atoms with Crippen LogP contribution in [-0.2, 0) is 5.41 Å². The second-order valence-electron chi connectivity index (χ2n) is 9.64. The van der Waals surface area contributed by atoms with E-state index in [1.54, 1.807) is 0 Å². The van der Waals surface area contributed by atoms with Gasteiger partial charge in [-0.3, -0.25) is 0 Å². The number of hydrogen-bond donors (Lipinski definition) is 2. The molecule has 1 heterocycles. The molecule has 0 amide bonds. The molecule has 32 heavy (non-hydrogen) atoms. The lowest BCUT2D eigenvalue weighted by molar-refractivity contribution is 0.343. The maximum Gasteiger partial charge on any atom is 0.225 e. The Morgan fingerprint density at radius 2 is 1.62 bits per heavy atom. The lowest BCUT2D eigenvalue weighted by Gasteiger charge is -2.31.